The van der Waals surface area contributed by atoms with Crippen molar-refractivity contribution in [3.63, 3.8) is 0 Å². The summed E-state index contributed by atoms with van der Waals surface area (Å²) >= 11 is 12.5. The summed E-state index contributed by atoms with van der Waals surface area (Å²) in [5.41, 5.74) is 1.68. The lowest BCUT2D eigenvalue weighted by Crippen LogP contribution is -2.53. The Morgan fingerprint density at radius 3 is 2.16 bits per heavy atom. The molecule has 8 nitrogen and oxygen atoms in total. The number of nitrogens with one attached hydrogen (secondary N) is 1. The zero-order chi connectivity index (χ0) is 31.7. The van der Waals surface area contributed by atoms with Crippen LogP contribution < -0.4 is 14.4 Å². The normalized spacial score (nSPS) is 11.8. The van der Waals surface area contributed by atoms with Crippen LogP contribution >= 0.6 is 23.2 Å². The highest BCUT2D eigenvalue weighted by atomic mass is 35.5. The Labute approximate surface area is 268 Å². The number of amides is 2. The van der Waals surface area contributed by atoms with Crippen molar-refractivity contribution in [3.05, 3.63) is 124 Å². The lowest BCUT2D eigenvalue weighted by molar-refractivity contribution is -0.140. The van der Waals surface area contributed by atoms with Gasteiger partial charge in [0.15, 0.2) is 0 Å². The highest BCUT2D eigenvalue weighted by molar-refractivity contribution is 7.92. The molecule has 0 aliphatic heterocycles. The Morgan fingerprint density at radius 1 is 0.841 bits per heavy atom. The van der Waals surface area contributed by atoms with Gasteiger partial charge in [0, 0.05) is 25.6 Å². The van der Waals surface area contributed by atoms with Gasteiger partial charge in [-0.1, -0.05) is 83.9 Å². The fourth-order valence-electron chi connectivity index (χ4n) is 4.69. The van der Waals surface area contributed by atoms with Gasteiger partial charge in [-0.15, -0.1) is 0 Å². The van der Waals surface area contributed by atoms with Crippen molar-refractivity contribution in [2.75, 3.05) is 24.5 Å². The quantitative estimate of drug-likeness (QED) is 0.192. The fourth-order valence-corrected chi connectivity index (χ4v) is 6.44. The van der Waals surface area contributed by atoms with Crippen LogP contribution in [0, 0.1) is 0 Å². The summed E-state index contributed by atoms with van der Waals surface area (Å²) in [5, 5.41) is 3.47. The van der Waals surface area contributed by atoms with E-state index in [4.69, 9.17) is 27.9 Å². The molecular weight excluding hydrogens is 621 g/mol. The third-order valence-electron chi connectivity index (χ3n) is 6.91. The highest BCUT2D eigenvalue weighted by Gasteiger charge is 2.34. The number of benzene rings is 4. The van der Waals surface area contributed by atoms with Gasteiger partial charge < -0.3 is 15.0 Å². The van der Waals surface area contributed by atoms with Crippen LogP contribution in [-0.2, 0) is 32.6 Å². The van der Waals surface area contributed by atoms with Crippen molar-refractivity contribution in [3.8, 4) is 5.75 Å². The molecule has 0 bridgehead atoms. The average molecular weight is 655 g/mol. The molecule has 0 aliphatic carbocycles. The smallest absolute Gasteiger partial charge is 0.264 e. The molecule has 1 N–H and O–H groups in total. The maximum atomic E-state index is 14.4. The zero-order valence-corrected chi connectivity index (χ0v) is 26.6. The number of rotatable bonds is 13. The number of likely N-dealkylation sites (N-methyl/N-ethyl adjacent to an activating group) is 1. The summed E-state index contributed by atoms with van der Waals surface area (Å²) in [6.07, 6.45) is 0.199. The molecule has 0 saturated carbocycles. The van der Waals surface area contributed by atoms with Gasteiger partial charge in [0.2, 0.25) is 11.8 Å². The number of halogens is 2. The number of ether oxygens (including phenoxy) is 1. The summed E-state index contributed by atoms with van der Waals surface area (Å²) in [5.74, 6) is -0.547. The summed E-state index contributed by atoms with van der Waals surface area (Å²) in [7, 11) is -2.74. The minimum Gasteiger partial charge on any atom is -0.497 e. The first-order chi connectivity index (χ1) is 21.1. The van der Waals surface area contributed by atoms with Gasteiger partial charge in [0.1, 0.15) is 18.3 Å². The third kappa shape index (κ3) is 8.11. The largest absolute Gasteiger partial charge is 0.497 e. The number of carbonyl (C=O) groups excluding carboxylic acids is 2. The van der Waals surface area contributed by atoms with Gasteiger partial charge in [-0.2, -0.15) is 0 Å². The second kappa shape index (κ2) is 15.1. The van der Waals surface area contributed by atoms with E-state index in [0.29, 0.717) is 27.9 Å². The van der Waals surface area contributed by atoms with Crippen LogP contribution in [0.3, 0.4) is 0 Å². The monoisotopic (exact) mass is 653 g/mol. The molecule has 0 fully saturated rings. The van der Waals surface area contributed by atoms with Crippen molar-refractivity contribution in [1.29, 1.82) is 0 Å². The van der Waals surface area contributed by atoms with E-state index in [1.165, 1.54) is 24.1 Å². The molecule has 4 aromatic carbocycles. The van der Waals surface area contributed by atoms with Crippen molar-refractivity contribution >= 4 is 50.7 Å². The third-order valence-corrected chi connectivity index (χ3v) is 9.44. The molecular formula is C33H33Cl2N3O5S. The summed E-state index contributed by atoms with van der Waals surface area (Å²) in [6.45, 7) is 1.52. The number of anilines is 1. The van der Waals surface area contributed by atoms with E-state index < -0.39 is 28.5 Å². The van der Waals surface area contributed by atoms with E-state index in [9.17, 15) is 18.0 Å². The van der Waals surface area contributed by atoms with E-state index in [-0.39, 0.29) is 29.5 Å². The maximum Gasteiger partial charge on any atom is 0.264 e. The molecule has 1 atom stereocenters. The van der Waals surface area contributed by atoms with Crippen LogP contribution in [0.4, 0.5) is 5.69 Å². The van der Waals surface area contributed by atoms with E-state index in [1.54, 1.807) is 67.6 Å². The van der Waals surface area contributed by atoms with Crippen molar-refractivity contribution in [2.45, 2.75) is 30.8 Å². The Hall–Kier alpha value is -4.05. The Bertz CT molecular complexity index is 1690. The van der Waals surface area contributed by atoms with Crippen LogP contribution in [0.25, 0.3) is 0 Å². The summed E-state index contributed by atoms with van der Waals surface area (Å²) in [6, 6.07) is 27.6. The van der Waals surface area contributed by atoms with Crippen LogP contribution in [-0.4, -0.2) is 51.4 Å². The number of hydrogen-bond donors (Lipinski definition) is 1. The molecule has 11 heteroatoms. The second-order valence-corrected chi connectivity index (χ2v) is 12.6. The van der Waals surface area contributed by atoms with Gasteiger partial charge in [-0.05, 0) is 54.4 Å². The first-order valence-corrected chi connectivity index (χ1v) is 16.1. The standard InChI is InChI=1S/C33H33Cl2N3O5S/c1-3-36-33(40)31(20-24-11-6-4-7-12-24)37(22-25-17-18-29(34)30(35)19-25)32(39)23-38(26-13-10-14-27(21-26)43-2)44(41,42)28-15-8-5-9-16-28/h4-19,21,31H,3,20,22-23H2,1-2H3,(H,36,40). The van der Waals surface area contributed by atoms with Gasteiger partial charge in [0.25, 0.3) is 10.0 Å². The number of methoxy groups -OCH3 is 1. The maximum absolute atomic E-state index is 14.4. The molecule has 1 unspecified atom stereocenters. The SMILES string of the molecule is CCNC(=O)C(Cc1ccccc1)N(Cc1ccc(Cl)c(Cl)c1)C(=O)CN(c1cccc(OC)c1)S(=O)(=O)c1ccccc1. The van der Waals surface area contributed by atoms with Gasteiger partial charge in [-0.3, -0.25) is 13.9 Å². The van der Waals surface area contributed by atoms with Crippen LogP contribution in [0.1, 0.15) is 18.1 Å². The first-order valence-electron chi connectivity index (χ1n) is 13.9. The van der Waals surface area contributed by atoms with Gasteiger partial charge >= 0.3 is 0 Å². The average Bonchev–Trinajstić information content (AvgIpc) is 3.04. The van der Waals surface area contributed by atoms with Crippen LogP contribution in [0.2, 0.25) is 10.0 Å². The molecule has 0 spiro atoms. The number of hydrogen-bond acceptors (Lipinski definition) is 5. The van der Waals surface area contributed by atoms with Crippen molar-refractivity contribution < 1.29 is 22.7 Å². The van der Waals surface area contributed by atoms with Gasteiger partial charge in [0.05, 0.1) is 27.7 Å². The molecule has 230 valence electrons. The number of carbonyl (C=O) groups is 2. The zero-order valence-electron chi connectivity index (χ0n) is 24.3. The van der Waals surface area contributed by atoms with E-state index in [2.05, 4.69) is 5.32 Å². The van der Waals surface area contributed by atoms with Crippen molar-refractivity contribution in [1.82, 2.24) is 10.2 Å². The summed E-state index contributed by atoms with van der Waals surface area (Å²) in [4.78, 5) is 29.4. The molecule has 44 heavy (non-hydrogen) atoms. The predicted molar refractivity (Wildman–Crippen MR) is 174 cm³/mol. The minimum atomic E-state index is -4.22. The van der Waals surface area contributed by atoms with Crippen LogP contribution in [0.15, 0.2) is 108 Å². The lowest BCUT2D eigenvalue weighted by atomic mass is 10.0. The topological polar surface area (TPSA) is 96.0 Å². The van der Waals surface area contributed by atoms with Gasteiger partial charge in [-0.25, -0.2) is 8.42 Å². The first kappa shape index (κ1) is 32.9. The molecule has 0 radical (unpaired) electrons. The highest BCUT2D eigenvalue weighted by Crippen LogP contribution is 2.29. The molecule has 0 aliphatic rings. The van der Waals surface area contributed by atoms with Crippen molar-refractivity contribution in [2.24, 2.45) is 0 Å². The van der Waals surface area contributed by atoms with Crippen LogP contribution in [0.5, 0.6) is 5.75 Å². The lowest BCUT2D eigenvalue weighted by Gasteiger charge is -2.34. The summed E-state index contributed by atoms with van der Waals surface area (Å²) < 4.78 is 34.4. The number of nitrogens with zero attached hydrogens (tertiary/aromatic N) is 2. The Kier molecular flexibility index (Phi) is 11.3. The Morgan fingerprint density at radius 2 is 1.52 bits per heavy atom. The molecule has 4 rings (SSSR count). The number of sulfonamides is 1. The molecule has 0 aromatic heterocycles. The molecule has 4 aromatic rings. The molecule has 2 amide bonds. The minimum absolute atomic E-state index is 0.0104. The van der Waals surface area contributed by atoms with E-state index in [0.717, 1.165) is 9.87 Å². The Balaban J connectivity index is 1.81. The van der Waals surface area contributed by atoms with E-state index >= 15 is 0 Å². The van der Waals surface area contributed by atoms with E-state index in [1.807, 2.05) is 30.3 Å². The second-order valence-electron chi connectivity index (χ2n) is 9.90. The predicted octanol–water partition coefficient (Wildman–Crippen LogP) is 5.97. The fraction of sp³-hybridized carbons (Fsp3) is 0.212. The molecule has 0 heterocycles. The molecule has 0 saturated heterocycles.